The predicted octanol–water partition coefficient (Wildman–Crippen LogP) is 2.14. The highest BCUT2D eigenvalue weighted by Gasteiger charge is 2.17. The molecule has 0 radical (unpaired) electrons. The Kier molecular flexibility index (Phi) is 4.74. The Bertz CT molecular complexity index is 668. The molecule has 110 valence electrons. The Labute approximate surface area is 127 Å². The zero-order valence-corrected chi connectivity index (χ0v) is 12.8. The number of aryl methyl sites for hydroxylation is 1. The van der Waals surface area contributed by atoms with Gasteiger partial charge in [-0.1, -0.05) is 23.9 Å². The molecule has 1 atom stereocenters. The molecule has 1 aromatic heterocycles. The molecule has 1 aromatic carbocycles. The van der Waals surface area contributed by atoms with Crippen molar-refractivity contribution in [2.75, 3.05) is 5.32 Å². The number of amides is 1. The second-order valence-electron chi connectivity index (χ2n) is 4.61. The van der Waals surface area contributed by atoms with E-state index in [1.54, 1.807) is 42.1 Å². The maximum Gasteiger partial charge on any atom is 0.237 e. The number of nitrogens with zero attached hydrogens (tertiary/aromatic N) is 3. The summed E-state index contributed by atoms with van der Waals surface area (Å²) < 4.78 is 1.75. The number of benzene rings is 1. The second kappa shape index (κ2) is 6.53. The van der Waals surface area contributed by atoms with Crippen LogP contribution in [-0.4, -0.2) is 31.7 Å². The maximum absolute atomic E-state index is 12.2. The first-order valence-electron chi connectivity index (χ1n) is 6.40. The summed E-state index contributed by atoms with van der Waals surface area (Å²) >= 11 is 1.33. The number of carbonyl (C=O) groups is 2. The molecular weight excluding hydrogens is 288 g/mol. The molecule has 7 heteroatoms. The Morgan fingerprint density at radius 3 is 2.76 bits per heavy atom. The zero-order chi connectivity index (χ0) is 15.4. The summed E-state index contributed by atoms with van der Waals surface area (Å²) in [6.45, 7) is 3.29. The van der Waals surface area contributed by atoms with E-state index in [-0.39, 0.29) is 16.9 Å². The number of nitrogens with one attached hydrogen (secondary N) is 1. The molecule has 0 aliphatic heterocycles. The molecule has 0 saturated carbocycles. The fourth-order valence-electron chi connectivity index (χ4n) is 1.65. The SMILES string of the molecule is CC(=O)c1cccc(NC(=O)[C@H](C)Sc2nncn2C)c1. The smallest absolute Gasteiger partial charge is 0.237 e. The van der Waals surface area contributed by atoms with Gasteiger partial charge < -0.3 is 9.88 Å². The minimum absolute atomic E-state index is 0.0346. The average Bonchev–Trinajstić information content (AvgIpc) is 2.84. The number of Topliss-reactive ketones (excluding diaryl/α,β-unsaturated/α-hetero) is 1. The molecule has 2 aromatic rings. The normalized spacial score (nSPS) is 12.0. The van der Waals surface area contributed by atoms with Crippen molar-refractivity contribution < 1.29 is 9.59 Å². The van der Waals surface area contributed by atoms with Gasteiger partial charge in [-0.15, -0.1) is 10.2 Å². The molecule has 0 aliphatic carbocycles. The van der Waals surface area contributed by atoms with Gasteiger partial charge in [0, 0.05) is 18.3 Å². The molecule has 0 spiro atoms. The summed E-state index contributed by atoms with van der Waals surface area (Å²) in [6.07, 6.45) is 1.59. The maximum atomic E-state index is 12.2. The lowest BCUT2D eigenvalue weighted by Crippen LogP contribution is -2.22. The van der Waals surface area contributed by atoms with Crippen LogP contribution in [0.3, 0.4) is 0 Å². The third-order valence-electron chi connectivity index (χ3n) is 2.86. The van der Waals surface area contributed by atoms with Crippen LogP contribution < -0.4 is 5.32 Å². The molecule has 1 N–H and O–H groups in total. The van der Waals surface area contributed by atoms with E-state index in [1.165, 1.54) is 18.7 Å². The number of ketones is 1. The highest BCUT2D eigenvalue weighted by Crippen LogP contribution is 2.21. The second-order valence-corrected chi connectivity index (χ2v) is 5.92. The monoisotopic (exact) mass is 304 g/mol. The van der Waals surface area contributed by atoms with Crippen molar-refractivity contribution in [3.8, 4) is 0 Å². The van der Waals surface area contributed by atoms with E-state index >= 15 is 0 Å². The van der Waals surface area contributed by atoms with Crippen LogP contribution in [0.25, 0.3) is 0 Å². The van der Waals surface area contributed by atoms with E-state index in [4.69, 9.17) is 0 Å². The van der Waals surface area contributed by atoms with Crippen LogP contribution in [-0.2, 0) is 11.8 Å². The average molecular weight is 304 g/mol. The van der Waals surface area contributed by atoms with Crippen LogP contribution >= 0.6 is 11.8 Å². The van der Waals surface area contributed by atoms with Crippen molar-refractivity contribution in [1.82, 2.24) is 14.8 Å². The minimum Gasteiger partial charge on any atom is -0.325 e. The minimum atomic E-state index is -0.325. The van der Waals surface area contributed by atoms with Crippen molar-refractivity contribution in [3.05, 3.63) is 36.2 Å². The summed E-state index contributed by atoms with van der Waals surface area (Å²) in [6, 6.07) is 6.88. The number of rotatable bonds is 5. The molecule has 0 bridgehead atoms. The molecule has 1 heterocycles. The molecule has 0 aliphatic rings. The summed E-state index contributed by atoms with van der Waals surface area (Å²) in [5.74, 6) is -0.184. The van der Waals surface area contributed by atoms with Crippen molar-refractivity contribution >= 4 is 29.1 Å². The molecule has 0 unspecified atom stereocenters. The first kappa shape index (κ1) is 15.2. The summed E-state index contributed by atoms with van der Waals surface area (Å²) in [5.41, 5.74) is 1.18. The Morgan fingerprint density at radius 2 is 2.14 bits per heavy atom. The van der Waals surface area contributed by atoms with Crippen LogP contribution in [0.15, 0.2) is 35.7 Å². The van der Waals surface area contributed by atoms with E-state index in [1.807, 2.05) is 7.05 Å². The van der Waals surface area contributed by atoms with Gasteiger partial charge in [0.05, 0.1) is 5.25 Å². The van der Waals surface area contributed by atoms with Crippen LogP contribution in [0, 0.1) is 0 Å². The van der Waals surface area contributed by atoms with Crippen molar-refractivity contribution in [2.45, 2.75) is 24.3 Å². The van der Waals surface area contributed by atoms with Gasteiger partial charge in [-0.25, -0.2) is 0 Å². The molecule has 0 fully saturated rings. The number of aromatic nitrogens is 3. The highest BCUT2D eigenvalue weighted by molar-refractivity contribution is 8.00. The van der Waals surface area contributed by atoms with Gasteiger partial charge in [-0.05, 0) is 26.0 Å². The lowest BCUT2D eigenvalue weighted by Gasteiger charge is -2.11. The highest BCUT2D eigenvalue weighted by atomic mass is 32.2. The summed E-state index contributed by atoms with van der Waals surface area (Å²) in [5, 5.41) is 10.9. The van der Waals surface area contributed by atoms with E-state index in [9.17, 15) is 9.59 Å². The third-order valence-corrected chi connectivity index (χ3v) is 4.01. The van der Waals surface area contributed by atoms with E-state index < -0.39 is 0 Å². The van der Waals surface area contributed by atoms with Crippen LogP contribution in [0.4, 0.5) is 5.69 Å². The standard InChI is InChI=1S/C14H16N4O2S/c1-9(19)11-5-4-6-12(7-11)16-13(20)10(2)21-14-17-15-8-18(14)3/h4-8,10H,1-3H3,(H,16,20)/t10-/m0/s1. The van der Waals surface area contributed by atoms with Gasteiger partial charge in [-0.2, -0.15) is 0 Å². The van der Waals surface area contributed by atoms with E-state index in [2.05, 4.69) is 15.5 Å². The lowest BCUT2D eigenvalue weighted by molar-refractivity contribution is -0.115. The number of hydrogen-bond acceptors (Lipinski definition) is 5. The molecule has 0 saturated heterocycles. The lowest BCUT2D eigenvalue weighted by atomic mass is 10.1. The fraction of sp³-hybridized carbons (Fsp3) is 0.286. The molecular formula is C14H16N4O2S. The number of carbonyl (C=O) groups excluding carboxylic acids is 2. The molecule has 2 rings (SSSR count). The van der Waals surface area contributed by atoms with Gasteiger partial charge >= 0.3 is 0 Å². The number of anilines is 1. The van der Waals surface area contributed by atoms with E-state index in [0.29, 0.717) is 16.4 Å². The third kappa shape index (κ3) is 3.91. The van der Waals surface area contributed by atoms with Crippen molar-refractivity contribution in [3.63, 3.8) is 0 Å². The number of hydrogen-bond donors (Lipinski definition) is 1. The topological polar surface area (TPSA) is 76.9 Å². The van der Waals surface area contributed by atoms with Crippen LogP contribution in [0.2, 0.25) is 0 Å². The Hall–Kier alpha value is -2.15. The van der Waals surface area contributed by atoms with Gasteiger partial charge in [-0.3, -0.25) is 9.59 Å². The van der Waals surface area contributed by atoms with Gasteiger partial charge in [0.1, 0.15) is 6.33 Å². The predicted molar refractivity (Wildman–Crippen MR) is 81.4 cm³/mol. The van der Waals surface area contributed by atoms with Crippen LogP contribution in [0.5, 0.6) is 0 Å². The first-order valence-corrected chi connectivity index (χ1v) is 7.28. The van der Waals surface area contributed by atoms with E-state index in [0.717, 1.165) is 0 Å². The zero-order valence-electron chi connectivity index (χ0n) is 12.0. The first-order chi connectivity index (χ1) is 9.97. The van der Waals surface area contributed by atoms with Crippen LogP contribution in [0.1, 0.15) is 24.2 Å². The van der Waals surface area contributed by atoms with Gasteiger partial charge in [0.2, 0.25) is 5.91 Å². The van der Waals surface area contributed by atoms with Gasteiger partial charge in [0.15, 0.2) is 10.9 Å². The molecule has 6 nitrogen and oxygen atoms in total. The fourth-order valence-corrected chi connectivity index (χ4v) is 2.44. The molecule has 21 heavy (non-hydrogen) atoms. The van der Waals surface area contributed by atoms with Crippen molar-refractivity contribution in [1.29, 1.82) is 0 Å². The summed E-state index contributed by atoms with van der Waals surface area (Å²) in [4.78, 5) is 23.5. The summed E-state index contributed by atoms with van der Waals surface area (Å²) in [7, 11) is 1.82. The Balaban J connectivity index is 2.02. The largest absolute Gasteiger partial charge is 0.325 e. The Morgan fingerprint density at radius 1 is 1.38 bits per heavy atom. The molecule has 1 amide bonds. The van der Waals surface area contributed by atoms with Gasteiger partial charge in [0.25, 0.3) is 0 Å². The van der Waals surface area contributed by atoms with Crippen molar-refractivity contribution in [2.24, 2.45) is 7.05 Å². The number of thioether (sulfide) groups is 1. The quantitative estimate of drug-likeness (QED) is 0.676.